The molecule has 0 saturated carbocycles. The molecule has 11 nitrogen and oxygen atoms in total. The molecule has 0 aliphatic carbocycles. The van der Waals surface area contributed by atoms with E-state index in [1.54, 1.807) is 14.1 Å². The van der Waals surface area contributed by atoms with Crippen molar-refractivity contribution >= 4 is 71.7 Å². The summed E-state index contributed by atoms with van der Waals surface area (Å²) in [5.74, 6) is -0.537. The highest BCUT2D eigenvalue weighted by Gasteiger charge is 2.44. The molecular formula is C33H50Cl4N8O3P-. The zero-order chi connectivity index (χ0) is 33.1. The Labute approximate surface area is 316 Å². The Bertz CT molecular complexity index is 1250. The van der Waals surface area contributed by atoms with Crippen LogP contribution in [0.2, 0.25) is 0 Å². The first kappa shape index (κ1) is 50.1. The average Bonchev–Trinajstić information content (AvgIpc) is 3.04. The minimum absolute atomic E-state index is 0. The zero-order valence-electron chi connectivity index (χ0n) is 28.1. The third-order valence-corrected chi connectivity index (χ3v) is 11.3. The number of nitrogens with two attached hydrogens (primary N) is 2. The molecule has 274 valence electrons. The van der Waals surface area contributed by atoms with Crippen LogP contribution in [0.5, 0.6) is 0 Å². The number of guanidine groups is 2. The van der Waals surface area contributed by atoms with Crippen molar-refractivity contribution in [3.05, 3.63) is 91.0 Å². The number of nitrogens with one attached hydrogen (secondary N) is 4. The molecule has 8 N–H and O–H groups in total. The molecule has 3 aromatic carbocycles. The summed E-state index contributed by atoms with van der Waals surface area (Å²) in [6.07, 6.45) is 1.78. The van der Waals surface area contributed by atoms with E-state index in [0.717, 1.165) is 12.6 Å². The van der Waals surface area contributed by atoms with Gasteiger partial charge in [-0.3, -0.25) is 20.4 Å². The third-order valence-electron chi connectivity index (χ3n) is 6.86. The van der Waals surface area contributed by atoms with Crippen molar-refractivity contribution in [2.45, 2.75) is 13.3 Å². The van der Waals surface area contributed by atoms with Crippen molar-refractivity contribution in [3.63, 3.8) is 0 Å². The van der Waals surface area contributed by atoms with E-state index >= 15 is 0 Å². The van der Waals surface area contributed by atoms with Crippen LogP contribution < -0.4 is 62.8 Å². The lowest BCUT2D eigenvalue weighted by atomic mass is 10.4. The highest BCUT2D eigenvalue weighted by molar-refractivity contribution is 7.95. The Balaban J connectivity index is -0.000000964. The Morgan fingerprint density at radius 1 is 0.673 bits per heavy atom. The van der Waals surface area contributed by atoms with Gasteiger partial charge >= 0.3 is 0 Å². The van der Waals surface area contributed by atoms with E-state index < -0.39 is 7.26 Å². The molecule has 0 aromatic heterocycles. The van der Waals surface area contributed by atoms with Crippen molar-refractivity contribution in [1.29, 1.82) is 10.8 Å². The quantitative estimate of drug-likeness (QED) is 0.0397. The van der Waals surface area contributed by atoms with Gasteiger partial charge in [0.1, 0.15) is 23.2 Å². The maximum absolute atomic E-state index is 12.4. The largest absolute Gasteiger partial charge is 1.00 e. The lowest BCUT2D eigenvalue weighted by Gasteiger charge is -2.28. The fraction of sp³-hybridized carbons (Fsp3) is 0.333. The predicted molar refractivity (Wildman–Crippen MR) is 201 cm³/mol. The molecule has 3 rings (SSSR count). The monoisotopic (exact) mass is 777 g/mol. The van der Waals surface area contributed by atoms with Crippen LogP contribution in [0.1, 0.15) is 13.3 Å². The molecule has 49 heavy (non-hydrogen) atoms. The van der Waals surface area contributed by atoms with Gasteiger partial charge in [-0.2, -0.15) is 0 Å². The number of hydrogen-bond donors (Lipinski definition) is 6. The van der Waals surface area contributed by atoms with Gasteiger partial charge in [-0.05, 0) is 42.8 Å². The molecule has 0 bridgehead atoms. The predicted octanol–water partition coefficient (Wildman–Crippen LogP) is -3.87. The number of benzene rings is 3. The lowest BCUT2D eigenvalue weighted by Crippen LogP contribution is -3.00. The van der Waals surface area contributed by atoms with Crippen LogP contribution in [0.3, 0.4) is 0 Å². The second kappa shape index (κ2) is 27.5. The van der Waals surface area contributed by atoms with Crippen molar-refractivity contribution in [2.24, 2.45) is 11.5 Å². The summed E-state index contributed by atoms with van der Waals surface area (Å²) in [5.41, 5.74) is 10.6. The van der Waals surface area contributed by atoms with Crippen LogP contribution in [-0.2, 0) is 14.3 Å². The fourth-order valence-corrected chi connectivity index (χ4v) is 8.63. The van der Waals surface area contributed by atoms with Crippen LogP contribution in [0.4, 0.5) is 0 Å². The summed E-state index contributed by atoms with van der Waals surface area (Å²) in [6, 6.07) is 31.7. The molecule has 0 unspecified atom stereocenters. The molecule has 0 fully saturated rings. The number of halogens is 4. The molecular weight excluding hydrogens is 729 g/mol. The minimum atomic E-state index is -1.96. The Morgan fingerprint density at radius 3 is 1.35 bits per heavy atom. The minimum Gasteiger partial charge on any atom is -1.00 e. The van der Waals surface area contributed by atoms with Gasteiger partial charge in [-0.25, -0.2) is 0 Å². The number of carbonyl (C=O) groups is 2. The second-order valence-corrected chi connectivity index (χ2v) is 14.0. The van der Waals surface area contributed by atoms with Crippen molar-refractivity contribution in [2.75, 3.05) is 59.7 Å². The molecule has 0 aliphatic heterocycles. The summed E-state index contributed by atoms with van der Waals surface area (Å²) >= 11 is 0. The third kappa shape index (κ3) is 17.3. The van der Waals surface area contributed by atoms with Crippen LogP contribution in [0.25, 0.3) is 0 Å². The molecule has 0 radical (unpaired) electrons. The summed E-state index contributed by atoms with van der Waals surface area (Å²) in [6.45, 7) is 4.46. The van der Waals surface area contributed by atoms with Crippen LogP contribution in [-0.4, -0.2) is 93.2 Å². The van der Waals surface area contributed by atoms with Gasteiger partial charge in [0.25, 0.3) is 0 Å². The van der Waals surface area contributed by atoms with E-state index in [1.165, 1.54) is 25.7 Å². The van der Waals surface area contributed by atoms with Gasteiger partial charge in [0.2, 0.25) is 11.8 Å². The molecule has 3 aromatic rings. The van der Waals surface area contributed by atoms with Crippen LogP contribution in [0.15, 0.2) is 91.0 Å². The zero-order valence-corrected chi connectivity index (χ0v) is 32.1. The topological polar surface area (TPSA) is 174 Å². The number of nitrogens with zero attached hydrogens (tertiary/aromatic N) is 2. The Kier molecular flexibility index (Phi) is 28.1. The number of hydrogen-bond acceptors (Lipinski definition) is 5. The Hall–Kier alpha value is -3.31. The molecule has 0 aliphatic rings. The molecule has 0 atom stereocenters. The number of rotatable bonds is 15. The van der Waals surface area contributed by atoms with E-state index in [0.29, 0.717) is 26.3 Å². The molecule has 0 heterocycles. The number of carbonyl (C=O) groups excluding carboxylic acids is 2. The van der Waals surface area contributed by atoms with Gasteiger partial charge < -0.3 is 61.5 Å². The van der Waals surface area contributed by atoms with Gasteiger partial charge in [0.05, 0.1) is 32.4 Å². The maximum Gasteiger partial charge on any atom is 0.239 e. The van der Waals surface area contributed by atoms with Gasteiger partial charge in [-0.1, -0.05) is 61.5 Å². The average molecular weight is 780 g/mol. The molecule has 2 amide bonds. The number of amides is 2. The molecule has 0 saturated heterocycles. The summed E-state index contributed by atoms with van der Waals surface area (Å²) in [5, 5.41) is 24.1. The molecule has 16 heteroatoms. The first-order valence-corrected chi connectivity index (χ1v) is 16.9. The fourth-order valence-electron chi connectivity index (χ4n) is 4.47. The standard InChI is InChI=1S/C24H27N4OP.C9H20N4O2.4ClH/c1-28(24(25)26)19-23(29)27-17-18-30(20-11-5-2-6-12-20,21-13-7-3-8-14-21)22-15-9-4-10-16-22;1-3-5-15-6-4-12-8(14)7-13(2)9(10)11;;;;/h2-16H,17-19H2,1H3,(H3-,25,26,27,29);3-7H2,1-2H3,(H3,10,11)(H,12,14);4*1H/p-1. The second-order valence-electron chi connectivity index (χ2n) is 10.3. The van der Waals surface area contributed by atoms with E-state index in [2.05, 4.69) is 83.4 Å². The van der Waals surface area contributed by atoms with Gasteiger partial charge in [0.15, 0.2) is 11.9 Å². The van der Waals surface area contributed by atoms with Gasteiger partial charge in [-0.15, -0.1) is 24.8 Å². The van der Waals surface area contributed by atoms with Crippen molar-refractivity contribution in [1.82, 2.24) is 20.4 Å². The molecule has 0 spiro atoms. The van der Waals surface area contributed by atoms with E-state index in [-0.39, 0.29) is 86.5 Å². The number of likely N-dealkylation sites (N-methyl/N-ethyl adjacent to an activating group) is 2. The summed E-state index contributed by atoms with van der Waals surface area (Å²) < 4.78 is 5.19. The lowest BCUT2D eigenvalue weighted by molar-refractivity contribution is -0.122. The highest BCUT2D eigenvalue weighted by Crippen LogP contribution is 2.54. The highest BCUT2D eigenvalue weighted by atomic mass is 35.5. The summed E-state index contributed by atoms with van der Waals surface area (Å²) in [4.78, 5) is 26.4. The Morgan fingerprint density at radius 2 is 1.02 bits per heavy atom. The van der Waals surface area contributed by atoms with E-state index in [9.17, 15) is 9.59 Å². The first-order chi connectivity index (χ1) is 21.6. The first-order valence-electron chi connectivity index (χ1n) is 14.9. The normalized spacial score (nSPS) is 9.69. The maximum atomic E-state index is 12.4. The van der Waals surface area contributed by atoms with E-state index in [1.807, 2.05) is 25.1 Å². The van der Waals surface area contributed by atoms with Crippen LogP contribution in [0, 0.1) is 10.8 Å². The SMILES string of the molecule is CCCOCCNC(=O)CN(C)C(=N)N.CN(CC(=O)NCC[P+](c1ccccc1)(c1ccccc1)c1ccccc1)C(=N)N.Cl.Cl.[Cl-].[Cl-]. The van der Waals surface area contributed by atoms with Crippen molar-refractivity contribution < 1.29 is 39.1 Å². The smallest absolute Gasteiger partial charge is 0.239 e. The van der Waals surface area contributed by atoms with Gasteiger partial charge in [0, 0.05) is 27.2 Å². The van der Waals surface area contributed by atoms with Crippen LogP contribution >= 0.6 is 32.1 Å². The number of ether oxygens (including phenoxy) is 1. The van der Waals surface area contributed by atoms with E-state index in [4.69, 9.17) is 27.0 Å². The summed E-state index contributed by atoms with van der Waals surface area (Å²) in [7, 11) is 1.27. The van der Waals surface area contributed by atoms with Crippen molar-refractivity contribution in [3.8, 4) is 0 Å².